The topological polar surface area (TPSA) is 104 Å². The zero-order valence-electron chi connectivity index (χ0n) is 15.9. The Morgan fingerprint density at radius 1 is 1.15 bits per heavy atom. The Bertz CT molecular complexity index is 802. The van der Waals surface area contributed by atoms with E-state index < -0.39 is 14.9 Å². The number of nitrogens with zero attached hydrogens (tertiary/aromatic N) is 4. The van der Waals surface area contributed by atoms with Gasteiger partial charge in [-0.2, -0.15) is 4.31 Å². The van der Waals surface area contributed by atoms with Crippen LogP contribution in [0.25, 0.3) is 0 Å². The zero-order valence-corrected chi connectivity index (χ0v) is 16.7. The van der Waals surface area contributed by atoms with E-state index in [1.807, 2.05) is 0 Å². The Morgan fingerprint density at radius 2 is 1.74 bits per heavy atom. The van der Waals surface area contributed by atoms with Crippen molar-refractivity contribution in [1.29, 1.82) is 0 Å². The molecular weight excluding hydrogens is 372 g/mol. The highest BCUT2D eigenvalue weighted by atomic mass is 32.2. The minimum absolute atomic E-state index is 0.0495. The SMILES string of the molecule is CN(C)C(=O)CN(C)c1ccc(S(=O)(=O)N2CCCCCC2)cc1[N+](=O)[O-]. The number of sulfonamides is 1. The third-order valence-electron chi connectivity index (χ3n) is 4.63. The van der Waals surface area contributed by atoms with Gasteiger partial charge < -0.3 is 9.80 Å². The summed E-state index contributed by atoms with van der Waals surface area (Å²) in [5.41, 5.74) is -0.134. The van der Waals surface area contributed by atoms with Crippen molar-refractivity contribution in [2.24, 2.45) is 0 Å². The van der Waals surface area contributed by atoms with Crippen LogP contribution in [0.4, 0.5) is 11.4 Å². The van der Waals surface area contributed by atoms with Crippen LogP contribution in [0.1, 0.15) is 25.7 Å². The summed E-state index contributed by atoms with van der Waals surface area (Å²) in [6, 6.07) is 3.86. The molecular formula is C17H26N4O5S. The summed E-state index contributed by atoms with van der Waals surface area (Å²) in [6.45, 7) is 0.802. The monoisotopic (exact) mass is 398 g/mol. The number of nitro benzene ring substituents is 1. The average molecular weight is 398 g/mol. The molecule has 0 bridgehead atoms. The van der Waals surface area contributed by atoms with Gasteiger partial charge in [-0.1, -0.05) is 12.8 Å². The number of amides is 1. The third-order valence-corrected chi connectivity index (χ3v) is 6.52. The van der Waals surface area contributed by atoms with Crippen molar-refractivity contribution in [2.45, 2.75) is 30.6 Å². The van der Waals surface area contributed by atoms with Gasteiger partial charge in [0, 0.05) is 40.3 Å². The molecule has 0 N–H and O–H groups in total. The molecule has 1 amide bonds. The van der Waals surface area contributed by atoms with Gasteiger partial charge in [0.25, 0.3) is 5.69 Å². The Hall–Kier alpha value is -2.20. The van der Waals surface area contributed by atoms with Crippen LogP contribution in [-0.2, 0) is 14.8 Å². The largest absolute Gasteiger partial charge is 0.360 e. The molecule has 0 radical (unpaired) electrons. The lowest BCUT2D eigenvalue weighted by Crippen LogP contribution is -2.34. The first kappa shape index (κ1) is 21.1. The van der Waals surface area contributed by atoms with E-state index in [1.54, 1.807) is 21.1 Å². The molecule has 0 aromatic heterocycles. The number of likely N-dealkylation sites (N-methyl/N-ethyl adjacent to an activating group) is 2. The Labute approximate surface area is 159 Å². The van der Waals surface area contributed by atoms with Crippen molar-refractivity contribution in [1.82, 2.24) is 9.21 Å². The molecule has 9 nitrogen and oxygen atoms in total. The molecule has 1 heterocycles. The second-order valence-electron chi connectivity index (χ2n) is 6.87. The Balaban J connectivity index is 2.36. The maximum absolute atomic E-state index is 12.9. The molecule has 1 aliphatic rings. The molecule has 0 aliphatic carbocycles. The molecule has 1 aromatic rings. The molecule has 150 valence electrons. The molecule has 1 fully saturated rings. The van der Waals surface area contributed by atoms with E-state index >= 15 is 0 Å². The Kier molecular flexibility index (Phi) is 6.77. The first-order valence-electron chi connectivity index (χ1n) is 8.84. The fraction of sp³-hybridized carbons (Fsp3) is 0.588. The minimum atomic E-state index is -3.79. The number of carbonyl (C=O) groups is 1. The highest BCUT2D eigenvalue weighted by molar-refractivity contribution is 7.89. The van der Waals surface area contributed by atoms with E-state index in [4.69, 9.17) is 0 Å². The first-order chi connectivity index (χ1) is 12.6. The predicted octanol–water partition coefficient (Wildman–Crippen LogP) is 1.68. The summed E-state index contributed by atoms with van der Waals surface area (Å²) in [6.07, 6.45) is 3.54. The van der Waals surface area contributed by atoms with Crippen molar-refractivity contribution in [3.63, 3.8) is 0 Å². The van der Waals surface area contributed by atoms with Crippen LogP contribution in [0.15, 0.2) is 23.1 Å². The van der Waals surface area contributed by atoms with E-state index in [-0.39, 0.29) is 28.7 Å². The molecule has 0 atom stereocenters. The summed E-state index contributed by atoms with van der Waals surface area (Å²) in [4.78, 5) is 25.5. The average Bonchev–Trinajstić information content (AvgIpc) is 2.90. The number of carbonyl (C=O) groups excluding carboxylic acids is 1. The number of hydrogen-bond acceptors (Lipinski definition) is 6. The summed E-state index contributed by atoms with van der Waals surface area (Å²) < 4.78 is 27.2. The van der Waals surface area contributed by atoms with Crippen LogP contribution < -0.4 is 4.90 Å². The quantitative estimate of drug-likeness (QED) is 0.533. The molecule has 1 saturated heterocycles. The molecule has 10 heteroatoms. The van der Waals surface area contributed by atoms with Gasteiger partial charge in [0.2, 0.25) is 15.9 Å². The molecule has 0 spiro atoms. The van der Waals surface area contributed by atoms with Gasteiger partial charge in [0.05, 0.1) is 16.4 Å². The molecule has 27 heavy (non-hydrogen) atoms. The second kappa shape index (κ2) is 8.66. The van der Waals surface area contributed by atoms with E-state index in [9.17, 15) is 23.3 Å². The Morgan fingerprint density at radius 3 is 2.26 bits per heavy atom. The minimum Gasteiger partial charge on any atom is -0.360 e. The standard InChI is InChI=1S/C17H26N4O5S/c1-18(2)17(22)13-19(3)15-9-8-14(12-16(15)21(23)24)27(25,26)20-10-6-4-5-7-11-20/h8-9,12H,4-7,10-11,13H2,1-3H3. The van der Waals surface area contributed by atoms with Crippen molar-refractivity contribution < 1.29 is 18.1 Å². The molecule has 2 rings (SSSR count). The van der Waals surface area contributed by atoms with Crippen molar-refractivity contribution in [2.75, 3.05) is 45.7 Å². The van der Waals surface area contributed by atoms with Gasteiger partial charge in [-0.15, -0.1) is 0 Å². The van der Waals surface area contributed by atoms with Crippen LogP contribution in [0, 0.1) is 10.1 Å². The van der Waals surface area contributed by atoms with Crippen LogP contribution >= 0.6 is 0 Å². The summed E-state index contributed by atoms with van der Waals surface area (Å²) in [5, 5.41) is 11.5. The van der Waals surface area contributed by atoms with E-state index in [0.29, 0.717) is 13.1 Å². The normalized spacial score (nSPS) is 15.8. The van der Waals surface area contributed by atoms with E-state index in [0.717, 1.165) is 31.7 Å². The molecule has 1 aromatic carbocycles. The predicted molar refractivity (Wildman–Crippen MR) is 102 cm³/mol. The van der Waals surface area contributed by atoms with Crippen molar-refractivity contribution in [3.8, 4) is 0 Å². The number of anilines is 1. The maximum atomic E-state index is 12.9. The fourth-order valence-corrected chi connectivity index (χ4v) is 4.53. The van der Waals surface area contributed by atoms with Gasteiger partial charge in [-0.25, -0.2) is 8.42 Å². The van der Waals surface area contributed by atoms with E-state index in [2.05, 4.69) is 0 Å². The van der Waals surface area contributed by atoms with Crippen LogP contribution in [0.5, 0.6) is 0 Å². The van der Waals surface area contributed by atoms with Crippen molar-refractivity contribution >= 4 is 27.3 Å². The lowest BCUT2D eigenvalue weighted by molar-refractivity contribution is -0.384. The number of benzene rings is 1. The van der Waals surface area contributed by atoms with Gasteiger partial charge in [-0.05, 0) is 25.0 Å². The van der Waals surface area contributed by atoms with Gasteiger partial charge in [0.1, 0.15) is 5.69 Å². The molecule has 1 aliphatic heterocycles. The second-order valence-corrected chi connectivity index (χ2v) is 8.81. The van der Waals surface area contributed by atoms with Gasteiger partial charge in [-0.3, -0.25) is 14.9 Å². The first-order valence-corrected chi connectivity index (χ1v) is 10.3. The maximum Gasteiger partial charge on any atom is 0.293 e. The number of rotatable bonds is 6. The van der Waals surface area contributed by atoms with E-state index in [1.165, 1.54) is 26.2 Å². The van der Waals surface area contributed by atoms with Crippen LogP contribution in [0.2, 0.25) is 0 Å². The highest BCUT2D eigenvalue weighted by Crippen LogP contribution is 2.31. The molecule has 0 unspecified atom stereocenters. The van der Waals surface area contributed by atoms with Gasteiger partial charge in [0.15, 0.2) is 0 Å². The number of nitro groups is 1. The number of hydrogen-bond donors (Lipinski definition) is 0. The summed E-state index contributed by atoms with van der Waals surface area (Å²) >= 11 is 0. The molecule has 0 saturated carbocycles. The summed E-state index contributed by atoms with van der Waals surface area (Å²) in [7, 11) is 0.974. The summed E-state index contributed by atoms with van der Waals surface area (Å²) in [5.74, 6) is -0.215. The van der Waals surface area contributed by atoms with Crippen LogP contribution in [0.3, 0.4) is 0 Å². The smallest absolute Gasteiger partial charge is 0.293 e. The fourth-order valence-electron chi connectivity index (χ4n) is 2.99. The van der Waals surface area contributed by atoms with Gasteiger partial charge >= 0.3 is 0 Å². The zero-order chi connectivity index (χ0) is 20.2. The van der Waals surface area contributed by atoms with Crippen molar-refractivity contribution in [3.05, 3.63) is 28.3 Å². The lowest BCUT2D eigenvalue weighted by Gasteiger charge is -2.22. The third kappa shape index (κ3) is 4.95. The highest BCUT2D eigenvalue weighted by Gasteiger charge is 2.29. The van der Waals surface area contributed by atoms with Crippen LogP contribution in [-0.4, -0.2) is 69.2 Å². The lowest BCUT2D eigenvalue weighted by atomic mass is 10.2.